The lowest BCUT2D eigenvalue weighted by molar-refractivity contribution is -0.182. The molecule has 1 saturated carbocycles. The van der Waals surface area contributed by atoms with Gasteiger partial charge in [-0.05, 0) is 18.8 Å². The van der Waals surface area contributed by atoms with Gasteiger partial charge in [0.2, 0.25) is 0 Å². The van der Waals surface area contributed by atoms with Gasteiger partial charge >= 0.3 is 0 Å². The van der Waals surface area contributed by atoms with Crippen LogP contribution in [0.3, 0.4) is 0 Å². The summed E-state index contributed by atoms with van der Waals surface area (Å²) in [5.74, 6) is 0.660. The van der Waals surface area contributed by atoms with Crippen LogP contribution in [-0.2, 0) is 9.47 Å². The second-order valence-corrected chi connectivity index (χ2v) is 5.45. The molecule has 1 N–H and O–H groups in total. The molecule has 2 fully saturated rings. The predicted molar refractivity (Wildman–Crippen MR) is 57.7 cm³/mol. The van der Waals surface area contributed by atoms with Crippen LogP contribution in [0.1, 0.15) is 33.1 Å². The third kappa shape index (κ3) is 2.35. The number of ether oxygens (including phenoxy) is 2. The van der Waals surface area contributed by atoms with Crippen molar-refractivity contribution < 1.29 is 14.6 Å². The summed E-state index contributed by atoms with van der Waals surface area (Å²) in [5, 5.41) is 9.58. The van der Waals surface area contributed by atoms with Gasteiger partial charge in [-0.25, -0.2) is 0 Å². The molecular weight excluding hydrogens is 192 g/mol. The van der Waals surface area contributed by atoms with E-state index in [9.17, 15) is 5.11 Å². The Morgan fingerprint density at radius 3 is 2.53 bits per heavy atom. The Hall–Kier alpha value is -0.120. The molecule has 1 saturated heterocycles. The third-order valence-corrected chi connectivity index (χ3v) is 4.00. The summed E-state index contributed by atoms with van der Waals surface area (Å²) in [5.41, 5.74) is -0.0504. The van der Waals surface area contributed by atoms with Gasteiger partial charge in [0.05, 0.1) is 12.2 Å². The minimum absolute atomic E-state index is 0.0504. The fourth-order valence-corrected chi connectivity index (χ4v) is 2.31. The van der Waals surface area contributed by atoms with E-state index < -0.39 is 0 Å². The molecule has 2 rings (SSSR count). The minimum Gasteiger partial charge on any atom is -0.392 e. The molecule has 0 aromatic heterocycles. The highest BCUT2D eigenvalue weighted by Crippen LogP contribution is 2.42. The molecule has 0 bridgehead atoms. The van der Waals surface area contributed by atoms with Gasteiger partial charge in [0, 0.05) is 31.7 Å². The maximum Gasteiger partial charge on any atom is 0.0675 e. The van der Waals surface area contributed by atoms with Crippen LogP contribution >= 0.6 is 0 Å². The van der Waals surface area contributed by atoms with Crippen molar-refractivity contribution in [1.82, 2.24) is 0 Å². The van der Waals surface area contributed by atoms with Gasteiger partial charge in [0.1, 0.15) is 0 Å². The lowest BCUT2D eigenvalue weighted by Crippen LogP contribution is -2.54. The maximum atomic E-state index is 9.58. The van der Waals surface area contributed by atoms with Crippen molar-refractivity contribution in [3.63, 3.8) is 0 Å². The van der Waals surface area contributed by atoms with E-state index in [-0.39, 0.29) is 17.6 Å². The molecule has 0 aromatic rings. The number of aliphatic hydroxyl groups excluding tert-OH is 1. The summed E-state index contributed by atoms with van der Waals surface area (Å²) in [4.78, 5) is 0. The first-order valence-corrected chi connectivity index (χ1v) is 5.98. The Balaban J connectivity index is 1.70. The average molecular weight is 214 g/mol. The molecule has 0 amide bonds. The van der Waals surface area contributed by atoms with Crippen LogP contribution in [0.25, 0.3) is 0 Å². The summed E-state index contributed by atoms with van der Waals surface area (Å²) in [6, 6.07) is 0. The van der Waals surface area contributed by atoms with Crippen LogP contribution in [0.5, 0.6) is 0 Å². The van der Waals surface area contributed by atoms with Crippen LogP contribution in [0, 0.1) is 11.3 Å². The highest BCUT2D eigenvalue weighted by Gasteiger charge is 2.48. The lowest BCUT2D eigenvalue weighted by Gasteiger charge is -2.49. The van der Waals surface area contributed by atoms with E-state index in [0.717, 1.165) is 39.1 Å². The molecule has 88 valence electrons. The van der Waals surface area contributed by atoms with Crippen LogP contribution in [0.15, 0.2) is 0 Å². The zero-order valence-electron chi connectivity index (χ0n) is 9.74. The van der Waals surface area contributed by atoms with E-state index in [1.165, 1.54) is 0 Å². The molecule has 15 heavy (non-hydrogen) atoms. The minimum atomic E-state index is -0.183. The topological polar surface area (TPSA) is 38.7 Å². The fourth-order valence-electron chi connectivity index (χ4n) is 2.31. The summed E-state index contributed by atoms with van der Waals surface area (Å²) in [6.45, 7) is 6.76. The summed E-state index contributed by atoms with van der Waals surface area (Å²) >= 11 is 0. The Labute approximate surface area is 91.8 Å². The Morgan fingerprint density at radius 2 is 2.00 bits per heavy atom. The van der Waals surface area contributed by atoms with E-state index in [2.05, 4.69) is 13.8 Å². The average Bonchev–Trinajstić information content (AvgIpc) is 2.25. The van der Waals surface area contributed by atoms with E-state index in [0.29, 0.717) is 5.92 Å². The van der Waals surface area contributed by atoms with Crippen molar-refractivity contribution in [2.75, 3.05) is 19.8 Å². The van der Waals surface area contributed by atoms with Gasteiger partial charge in [-0.15, -0.1) is 0 Å². The van der Waals surface area contributed by atoms with Crippen LogP contribution in [-0.4, -0.2) is 37.1 Å². The van der Waals surface area contributed by atoms with Gasteiger partial charge in [0.15, 0.2) is 0 Å². The molecule has 0 spiro atoms. The van der Waals surface area contributed by atoms with Gasteiger partial charge in [-0.1, -0.05) is 13.8 Å². The van der Waals surface area contributed by atoms with Crippen molar-refractivity contribution in [1.29, 1.82) is 0 Å². The molecule has 1 aliphatic carbocycles. The molecule has 0 radical (unpaired) electrons. The molecule has 0 aromatic carbocycles. The van der Waals surface area contributed by atoms with E-state index in [1.807, 2.05) is 0 Å². The smallest absolute Gasteiger partial charge is 0.0675 e. The van der Waals surface area contributed by atoms with Crippen LogP contribution in [0.2, 0.25) is 0 Å². The van der Waals surface area contributed by atoms with E-state index in [1.54, 1.807) is 0 Å². The van der Waals surface area contributed by atoms with Crippen LogP contribution < -0.4 is 0 Å². The quantitative estimate of drug-likeness (QED) is 0.775. The second-order valence-electron chi connectivity index (χ2n) is 5.45. The Morgan fingerprint density at radius 1 is 1.33 bits per heavy atom. The van der Waals surface area contributed by atoms with Gasteiger partial charge < -0.3 is 14.6 Å². The third-order valence-electron chi connectivity index (χ3n) is 4.00. The molecule has 3 nitrogen and oxygen atoms in total. The van der Waals surface area contributed by atoms with Gasteiger partial charge in [0.25, 0.3) is 0 Å². The molecule has 2 unspecified atom stereocenters. The summed E-state index contributed by atoms with van der Waals surface area (Å²) in [6.07, 6.45) is 3.11. The second kappa shape index (κ2) is 4.40. The van der Waals surface area contributed by atoms with Crippen molar-refractivity contribution >= 4 is 0 Å². The van der Waals surface area contributed by atoms with E-state index >= 15 is 0 Å². The van der Waals surface area contributed by atoms with Gasteiger partial charge in [-0.2, -0.15) is 0 Å². The van der Waals surface area contributed by atoms with Crippen molar-refractivity contribution in [2.45, 2.75) is 45.3 Å². The van der Waals surface area contributed by atoms with Crippen molar-refractivity contribution in [2.24, 2.45) is 11.3 Å². The number of hydrogen-bond donors (Lipinski definition) is 1. The summed E-state index contributed by atoms with van der Waals surface area (Å²) < 4.78 is 11.2. The van der Waals surface area contributed by atoms with Gasteiger partial charge in [-0.3, -0.25) is 0 Å². The van der Waals surface area contributed by atoms with Crippen molar-refractivity contribution in [3.05, 3.63) is 0 Å². The van der Waals surface area contributed by atoms with Crippen molar-refractivity contribution in [3.8, 4) is 0 Å². The zero-order valence-corrected chi connectivity index (χ0v) is 9.74. The summed E-state index contributed by atoms with van der Waals surface area (Å²) in [7, 11) is 0. The fraction of sp³-hybridized carbons (Fsp3) is 1.00. The lowest BCUT2D eigenvalue weighted by atomic mass is 9.66. The first-order valence-electron chi connectivity index (χ1n) is 5.98. The van der Waals surface area contributed by atoms with Crippen LogP contribution in [0.4, 0.5) is 0 Å². The molecular formula is C12H22O3. The SMILES string of the molecule is CC1(C)C(O)CC1OCC1CCOCC1. The zero-order chi connectivity index (χ0) is 10.9. The highest BCUT2D eigenvalue weighted by atomic mass is 16.5. The monoisotopic (exact) mass is 214 g/mol. The first kappa shape index (κ1) is 11.4. The molecule has 1 aliphatic heterocycles. The Kier molecular flexibility index (Phi) is 3.33. The molecule has 2 aliphatic rings. The molecule has 3 heteroatoms. The first-order chi connectivity index (χ1) is 7.10. The normalized spacial score (nSPS) is 36.2. The Bertz CT molecular complexity index is 209. The largest absolute Gasteiger partial charge is 0.392 e. The number of aliphatic hydroxyl groups is 1. The maximum absolute atomic E-state index is 9.58. The highest BCUT2D eigenvalue weighted by molar-refractivity contribution is 4.98. The predicted octanol–water partition coefficient (Wildman–Crippen LogP) is 1.59. The van der Waals surface area contributed by atoms with E-state index in [4.69, 9.17) is 9.47 Å². The standard InChI is InChI=1S/C12H22O3/c1-12(2)10(13)7-11(12)15-8-9-3-5-14-6-4-9/h9-11,13H,3-8H2,1-2H3. The molecule has 1 heterocycles. The number of hydrogen-bond acceptors (Lipinski definition) is 3. The number of rotatable bonds is 3. The molecule has 2 atom stereocenters.